The second-order valence-electron chi connectivity index (χ2n) is 7.52. The molecule has 1 amide bonds. The summed E-state index contributed by atoms with van der Waals surface area (Å²) in [5, 5.41) is 13.2. The van der Waals surface area contributed by atoms with E-state index in [1.54, 1.807) is 0 Å². The molecule has 1 aromatic heterocycles. The minimum absolute atomic E-state index is 0.0117. The van der Waals surface area contributed by atoms with Gasteiger partial charge in [0.15, 0.2) is 11.0 Å². The van der Waals surface area contributed by atoms with Crippen LogP contribution in [0.4, 0.5) is 0 Å². The van der Waals surface area contributed by atoms with Gasteiger partial charge in [0.1, 0.15) is 0 Å². The number of aromatic nitrogens is 3. The normalized spacial score (nSPS) is 14.5. The summed E-state index contributed by atoms with van der Waals surface area (Å²) in [7, 11) is 0. The van der Waals surface area contributed by atoms with Crippen molar-refractivity contribution < 1.29 is 4.79 Å². The van der Waals surface area contributed by atoms with Gasteiger partial charge in [-0.2, -0.15) is 0 Å². The number of hydrogen-bond donors (Lipinski definition) is 1. The number of nitrogens with one attached hydrogen (secondary N) is 1. The Kier molecular flexibility index (Phi) is 7.61. The Hall–Kier alpha value is -2.35. The maximum Gasteiger partial charge on any atom is 0.230 e. The van der Waals surface area contributed by atoms with E-state index in [1.807, 2.05) is 59.2 Å². The molecule has 31 heavy (non-hydrogen) atoms. The lowest BCUT2D eigenvalue weighted by atomic mass is 10.1. The molecule has 1 saturated heterocycles. The summed E-state index contributed by atoms with van der Waals surface area (Å²) < 4.78 is 1.98. The highest BCUT2D eigenvalue weighted by Gasteiger charge is 2.17. The van der Waals surface area contributed by atoms with Gasteiger partial charge in [-0.15, -0.1) is 10.2 Å². The van der Waals surface area contributed by atoms with Gasteiger partial charge in [-0.25, -0.2) is 0 Å². The number of rotatable bonds is 8. The van der Waals surface area contributed by atoms with Crippen molar-refractivity contribution in [2.45, 2.75) is 24.4 Å². The summed E-state index contributed by atoms with van der Waals surface area (Å²) in [6.07, 6.45) is 3.84. The first-order valence-electron chi connectivity index (χ1n) is 10.6. The van der Waals surface area contributed by atoms with Crippen molar-refractivity contribution in [3.05, 3.63) is 59.6 Å². The number of thioether (sulfide) groups is 1. The molecule has 0 bridgehead atoms. The van der Waals surface area contributed by atoms with Crippen molar-refractivity contribution in [2.75, 3.05) is 31.9 Å². The van der Waals surface area contributed by atoms with Gasteiger partial charge in [0.05, 0.1) is 5.75 Å². The monoisotopic (exact) mass is 455 g/mol. The number of amides is 1. The molecule has 3 aromatic rings. The maximum absolute atomic E-state index is 12.4. The van der Waals surface area contributed by atoms with Gasteiger partial charge in [-0.05, 0) is 62.3 Å². The number of likely N-dealkylation sites (tertiary alicyclic amines) is 1. The Bertz CT molecular complexity index is 987. The molecule has 1 fully saturated rings. The first kappa shape index (κ1) is 21.9. The highest BCUT2D eigenvalue weighted by molar-refractivity contribution is 7.99. The van der Waals surface area contributed by atoms with Crippen LogP contribution in [0, 0.1) is 0 Å². The van der Waals surface area contributed by atoms with Crippen LogP contribution in [-0.4, -0.2) is 57.5 Å². The predicted molar refractivity (Wildman–Crippen MR) is 126 cm³/mol. The number of piperidine rings is 1. The van der Waals surface area contributed by atoms with Crippen LogP contribution < -0.4 is 5.32 Å². The average molecular weight is 456 g/mol. The van der Waals surface area contributed by atoms with Crippen LogP contribution in [0.5, 0.6) is 0 Å². The van der Waals surface area contributed by atoms with Gasteiger partial charge in [-0.3, -0.25) is 9.36 Å². The standard InChI is InChI=1S/C23H26ClN5OS/c24-19-11-9-18(10-12-19)22-26-27-23(29(22)20-7-3-1-4-8-20)31-17-21(30)25-13-16-28-14-5-2-6-15-28/h1,3-4,7-12H,2,5-6,13-17H2,(H,25,30). The molecule has 1 aliphatic rings. The van der Waals surface area contributed by atoms with Gasteiger partial charge >= 0.3 is 0 Å². The van der Waals surface area contributed by atoms with Crippen molar-refractivity contribution in [2.24, 2.45) is 0 Å². The van der Waals surface area contributed by atoms with E-state index in [0.29, 0.717) is 22.5 Å². The Morgan fingerprint density at radius 1 is 1.00 bits per heavy atom. The maximum atomic E-state index is 12.4. The van der Waals surface area contributed by atoms with E-state index in [4.69, 9.17) is 11.6 Å². The Labute approximate surface area is 192 Å². The van der Waals surface area contributed by atoms with Gasteiger partial charge in [0, 0.05) is 29.4 Å². The molecule has 1 aliphatic heterocycles. The fourth-order valence-electron chi connectivity index (χ4n) is 3.68. The molecule has 0 saturated carbocycles. The van der Waals surface area contributed by atoms with Crippen LogP contribution in [0.15, 0.2) is 59.8 Å². The highest BCUT2D eigenvalue weighted by atomic mass is 35.5. The molecule has 0 spiro atoms. The fourth-order valence-corrected chi connectivity index (χ4v) is 4.58. The van der Waals surface area contributed by atoms with Gasteiger partial charge in [0.25, 0.3) is 0 Å². The molecular weight excluding hydrogens is 430 g/mol. The quantitative estimate of drug-likeness (QED) is 0.513. The number of carbonyl (C=O) groups excluding carboxylic acids is 1. The summed E-state index contributed by atoms with van der Waals surface area (Å²) in [6, 6.07) is 17.5. The summed E-state index contributed by atoms with van der Waals surface area (Å²) in [5.74, 6) is 1.03. The summed E-state index contributed by atoms with van der Waals surface area (Å²) in [6.45, 7) is 3.87. The molecule has 1 N–H and O–H groups in total. The number of benzene rings is 2. The minimum atomic E-state index is 0.0117. The van der Waals surface area contributed by atoms with Gasteiger partial charge < -0.3 is 10.2 Å². The molecule has 0 radical (unpaired) electrons. The minimum Gasteiger partial charge on any atom is -0.354 e. The van der Waals surface area contributed by atoms with E-state index in [1.165, 1.54) is 31.0 Å². The highest BCUT2D eigenvalue weighted by Crippen LogP contribution is 2.28. The smallest absolute Gasteiger partial charge is 0.230 e. The lowest BCUT2D eigenvalue weighted by Crippen LogP contribution is -2.38. The predicted octanol–water partition coefficient (Wildman–Crippen LogP) is 4.28. The average Bonchev–Trinajstić information content (AvgIpc) is 3.23. The third kappa shape index (κ3) is 5.87. The lowest BCUT2D eigenvalue weighted by molar-refractivity contribution is -0.118. The van der Waals surface area contributed by atoms with Crippen LogP contribution in [0.2, 0.25) is 5.02 Å². The van der Waals surface area contributed by atoms with Crippen LogP contribution in [0.25, 0.3) is 17.1 Å². The third-order valence-corrected chi connectivity index (χ3v) is 6.46. The molecule has 6 nitrogen and oxygen atoms in total. The zero-order valence-corrected chi connectivity index (χ0v) is 18.9. The molecule has 8 heteroatoms. The summed E-state index contributed by atoms with van der Waals surface area (Å²) >= 11 is 7.43. The molecule has 0 aliphatic carbocycles. The lowest BCUT2D eigenvalue weighted by Gasteiger charge is -2.26. The van der Waals surface area contributed by atoms with E-state index in [0.717, 1.165) is 36.7 Å². The van der Waals surface area contributed by atoms with Crippen LogP contribution >= 0.6 is 23.4 Å². The van der Waals surface area contributed by atoms with Crippen molar-refractivity contribution in [1.82, 2.24) is 25.0 Å². The topological polar surface area (TPSA) is 63.1 Å². The molecule has 4 rings (SSSR count). The van der Waals surface area contributed by atoms with E-state index in [-0.39, 0.29) is 5.91 Å². The molecule has 0 unspecified atom stereocenters. The molecule has 0 atom stereocenters. The molecular formula is C23H26ClN5OS. The van der Waals surface area contributed by atoms with Crippen LogP contribution in [0.1, 0.15) is 19.3 Å². The number of nitrogens with zero attached hydrogens (tertiary/aromatic N) is 4. The SMILES string of the molecule is O=C(CSc1nnc(-c2ccc(Cl)cc2)n1-c1ccccc1)NCCN1CCCCC1. The van der Waals surface area contributed by atoms with Crippen LogP contribution in [0.3, 0.4) is 0 Å². The third-order valence-electron chi connectivity index (χ3n) is 5.28. The number of halogens is 1. The Morgan fingerprint density at radius 3 is 2.48 bits per heavy atom. The van der Waals surface area contributed by atoms with Crippen LogP contribution in [-0.2, 0) is 4.79 Å². The molecule has 2 aromatic carbocycles. The van der Waals surface area contributed by atoms with Gasteiger partial charge in [0.2, 0.25) is 5.91 Å². The zero-order chi connectivity index (χ0) is 21.5. The summed E-state index contributed by atoms with van der Waals surface area (Å²) in [4.78, 5) is 14.8. The molecule has 162 valence electrons. The van der Waals surface area contributed by atoms with Gasteiger partial charge in [-0.1, -0.05) is 48.0 Å². The van der Waals surface area contributed by atoms with E-state index in [9.17, 15) is 4.79 Å². The first-order valence-corrected chi connectivity index (χ1v) is 12.0. The van der Waals surface area contributed by atoms with E-state index >= 15 is 0 Å². The second-order valence-corrected chi connectivity index (χ2v) is 8.90. The number of hydrogen-bond acceptors (Lipinski definition) is 5. The zero-order valence-electron chi connectivity index (χ0n) is 17.3. The van der Waals surface area contributed by atoms with Crippen molar-refractivity contribution >= 4 is 29.3 Å². The summed E-state index contributed by atoms with van der Waals surface area (Å²) in [5.41, 5.74) is 1.86. The second kappa shape index (κ2) is 10.8. The van der Waals surface area contributed by atoms with Crippen molar-refractivity contribution in [3.8, 4) is 17.1 Å². The first-order chi connectivity index (χ1) is 15.2. The largest absolute Gasteiger partial charge is 0.354 e. The van der Waals surface area contributed by atoms with E-state index in [2.05, 4.69) is 20.4 Å². The van der Waals surface area contributed by atoms with E-state index < -0.39 is 0 Å². The number of carbonyl (C=O) groups is 1. The molecule has 2 heterocycles. The fraction of sp³-hybridized carbons (Fsp3) is 0.348. The Balaban J connectivity index is 1.43. The number of para-hydroxylation sites is 1. The van der Waals surface area contributed by atoms with Crippen molar-refractivity contribution in [3.63, 3.8) is 0 Å². The van der Waals surface area contributed by atoms with Crippen molar-refractivity contribution in [1.29, 1.82) is 0 Å². The Morgan fingerprint density at radius 2 is 1.74 bits per heavy atom.